The summed E-state index contributed by atoms with van der Waals surface area (Å²) in [6.45, 7) is 1.99. The van der Waals surface area contributed by atoms with Crippen LogP contribution in [0.2, 0.25) is 0 Å². The average molecular weight is 498 g/mol. The molecule has 0 unspecified atom stereocenters. The largest absolute Gasteiger partial charge is 0.300 e. The van der Waals surface area contributed by atoms with Gasteiger partial charge in [-0.2, -0.15) is 0 Å². The standard InChI is InChI=1S/C22H19N5O3S3/c1-2-16-25-26-21(33-16)24-15(28)9-31-22-23-13-6-5-12(8-14(13)32-22)27-19(29)17-10-3-4-11(7-10)18(17)20(27)30/h3-6,8,10-11,17-18H,2,7,9H2,1H3,(H,24,26,28)/t10-,11-,17+,18+/m0/s1. The number of thiazole rings is 1. The van der Waals surface area contributed by atoms with Crippen molar-refractivity contribution < 1.29 is 14.4 Å². The number of thioether (sulfide) groups is 1. The number of nitrogens with one attached hydrogen (secondary N) is 1. The number of allylic oxidation sites excluding steroid dienone is 2. The maximum absolute atomic E-state index is 13.1. The molecule has 168 valence electrons. The number of imide groups is 1. The molecule has 2 aliphatic carbocycles. The van der Waals surface area contributed by atoms with E-state index in [9.17, 15) is 14.4 Å². The number of carbonyl (C=O) groups is 3. The number of rotatable bonds is 6. The van der Waals surface area contributed by atoms with Crippen LogP contribution in [0.1, 0.15) is 18.4 Å². The molecule has 1 N–H and O–H groups in total. The van der Waals surface area contributed by atoms with Crippen LogP contribution in [0.4, 0.5) is 10.8 Å². The molecule has 2 fully saturated rings. The Morgan fingerprint density at radius 2 is 1.91 bits per heavy atom. The van der Waals surface area contributed by atoms with Gasteiger partial charge in [-0.05, 0) is 42.9 Å². The second kappa shape index (κ2) is 8.00. The van der Waals surface area contributed by atoms with Gasteiger partial charge >= 0.3 is 0 Å². The molecule has 0 radical (unpaired) electrons. The number of hydrogen-bond acceptors (Lipinski definition) is 9. The first-order chi connectivity index (χ1) is 16.0. The van der Waals surface area contributed by atoms with Crippen LogP contribution in [0.25, 0.3) is 10.2 Å². The topological polar surface area (TPSA) is 105 Å². The molecular formula is C22H19N5O3S3. The monoisotopic (exact) mass is 497 g/mol. The summed E-state index contributed by atoms with van der Waals surface area (Å²) >= 11 is 4.16. The lowest BCUT2D eigenvalue weighted by atomic mass is 9.85. The first-order valence-corrected chi connectivity index (χ1v) is 13.4. The van der Waals surface area contributed by atoms with Crippen LogP contribution >= 0.6 is 34.4 Å². The van der Waals surface area contributed by atoms with Gasteiger partial charge in [-0.3, -0.25) is 19.7 Å². The van der Waals surface area contributed by atoms with E-state index in [-0.39, 0.29) is 47.1 Å². The Balaban J connectivity index is 1.16. The number of anilines is 2. The number of hydrogen-bond donors (Lipinski definition) is 1. The number of aryl methyl sites for hydroxylation is 1. The highest BCUT2D eigenvalue weighted by molar-refractivity contribution is 8.01. The van der Waals surface area contributed by atoms with E-state index in [1.165, 1.54) is 39.3 Å². The number of aromatic nitrogens is 3. The molecule has 33 heavy (non-hydrogen) atoms. The summed E-state index contributed by atoms with van der Waals surface area (Å²) in [5, 5.41) is 12.1. The van der Waals surface area contributed by atoms with Gasteiger partial charge < -0.3 is 0 Å². The van der Waals surface area contributed by atoms with E-state index in [0.29, 0.717) is 10.8 Å². The molecule has 2 aromatic heterocycles. The van der Waals surface area contributed by atoms with E-state index in [1.54, 1.807) is 6.07 Å². The van der Waals surface area contributed by atoms with Crippen LogP contribution in [-0.2, 0) is 20.8 Å². The van der Waals surface area contributed by atoms with E-state index in [0.717, 1.165) is 32.4 Å². The van der Waals surface area contributed by atoms with Gasteiger partial charge in [0, 0.05) is 0 Å². The molecule has 1 aliphatic heterocycles. The predicted molar refractivity (Wildman–Crippen MR) is 128 cm³/mol. The average Bonchev–Trinajstić information content (AvgIpc) is 3.61. The number of carbonyl (C=O) groups excluding carboxylic acids is 3. The molecule has 6 rings (SSSR count). The van der Waals surface area contributed by atoms with Crippen molar-refractivity contribution in [2.45, 2.75) is 24.1 Å². The first-order valence-electron chi connectivity index (χ1n) is 10.7. The maximum Gasteiger partial charge on any atom is 0.238 e. The SMILES string of the molecule is CCc1nnc(NC(=O)CSc2nc3ccc(N4C(=O)[C@H]5[C@H](C4=O)[C@H]4C=C[C@H]5C4)cc3s2)s1. The summed E-state index contributed by atoms with van der Waals surface area (Å²) in [5.41, 5.74) is 1.39. The van der Waals surface area contributed by atoms with E-state index in [2.05, 4.69) is 32.7 Å². The molecule has 4 atom stereocenters. The van der Waals surface area contributed by atoms with Gasteiger partial charge in [0.25, 0.3) is 0 Å². The second-order valence-corrected chi connectivity index (χ2v) is 11.7. The third-order valence-electron chi connectivity index (χ3n) is 6.42. The first kappa shape index (κ1) is 20.9. The minimum Gasteiger partial charge on any atom is -0.300 e. The number of nitrogens with zero attached hydrogens (tertiary/aromatic N) is 4. The zero-order chi connectivity index (χ0) is 22.7. The summed E-state index contributed by atoms with van der Waals surface area (Å²) in [4.78, 5) is 44.4. The van der Waals surface area contributed by atoms with Gasteiger partial charge in [-0.1, -0.05) is 42.2 Å². The van der Waals surface area contributed by atoms with Gasteiger partial charge in [0.1, 0.15) is 5.01 Å². The third-order valence-corrected chi connectivity index (χ3v) is 9.57. The fraction of sp³-hybridized carbons (Fsp3) is 0.364. The van der Waals surface area contributed by atoms with Gasteiger partial charge in [0.2, 0.25) is 22.9 Å². The molecule has 8 nitrogen and oxygen atoms in total. The Kier molecular flexibility index (Phi) is 5.07. The van der Waals surface area contributed by atoms with Crippen molar-refractivity contribution in [2.75, 3.05) is 16.0 Å². The highest BCUT2D eigenvalue weighted by atomic mass is 32.2. The predicted octanol–water partition coefficient (Wildman–Crippen LogP) is 3.75. The molecule has 1 saturated carbocycles. The fourth-order valence-corrected chi connectivity index (χ4v) is 7.58. The smallest absolute Gasteiger partial charge is 0.238 e. The van der Waals surface area contributed by atoms with E-state index >= 15 is 0 Å². The van der Waals surface area contributed by atoms with Crippen LogP contribution in [-0.4, -0.2) is 38.7 Å². The van der Waals surface area contributed by atoms with Crippen LogP contribution in [0, 0.1) is 23.7 Å². The highest BCUT2D eigenvalue weighted by Crippen LogP contribution is 2.53. The Bertz CT molecular complexity index is 1300. The summed E-state index contributed by atoms with van der Waals surface area (Å²) in [6.07, 6.45) is 5.89. The minimum absolute atomic E-state index is 0.0834. The van der Waals surface area contributed by atoms with Crippen molar-refractivity contribution in [3.63, 3.8) is 0 Å². The molecule has 3 amide bonds. The molecule has 3 aromatic rings. The zero-order valence-corrected chi connectivity index (χ0v) is 20.0. The molecule has 3 aliphatic rings. The van der Waals surface area contributed by atoms with Gasteiger partial charge in [-0.25, -0.2) is 9.88 Å². The van der Waals surface area contributed by atoms with Gasteiger partial charge in [0.05, 0.1) is 33.5 Å². The van der Waals surface area contributed by atoms with E-state index in [1.807, 2.05) is 19.1 Å². The lowest BCUT2D eigenvalue weighted by Crippen LogP contribution is -2.32. The van der Waals surface area contributed by atoms with Crippen molar-refractivity contribution >= 4 is 73.2 Å². The van der Waals surface area contributed by atoms with Crippen molar-refractivity contribution in [1.82, 2.24) is 15.2 Å². The van der Waals surface area contributed by atoms with Crippen molar-refractivity contribution in [2.24, 2.45) is 23.7 Å². The summed E-state index contributed by atoms with van der Waals surface area (Å²) in [7, 11) is 0. The zero-order valence-electron chi connectivity index (χ0n) is 17.6. The highest BCUT2D eigenvalue weighted by Gasteiger charge is 2.59. The molecule has 2 bridgehead atoms. The van der Waals surface area contributed by atoms with E-state index in [4.69, 9.17) is 0 Å². The quantitative estimate of drug-likeness (QED) is 0.314. The van der Waals surface area contributed by atoms with Crippen LogP contribution in [0.3, 0.4) is 0 Å². The molecule has 11 heteroatoms. The lowest BCUT2D eigenvalue weighted by Gasteiger charge is -2.17. The molecule has 1 aromatic carbocycles. The summed E-state index contributed by atoms with van der Waals surface area (Å²) < 4.78 is 1.63. The number of fused-ring (bicyclic) bond motifs is 6. The van der Waals surface area contributed by atoms with E-state index < -0.39 is 0 Å². The lowest BCUT2D eigenvalue weighted by molar-refractivity contribution is -0.123. The molecule has 1 saturated heterocycles. The van der Waals surface area contributed by atoms with Gasteiger partial charge in [-0.15, -0.1) is 21.5 Å². The summed E-state index contributed by atoms with van der Waals surface area (Å²) in [6, 6.07) is 5.48. The van der Waals surface area contributed by atoms with Crippen LogP contribution in [0.5, 0.6) is 0 Å². The van der Waals surface area contributed by atoms with Crippen molar-refractivity contribution in [3.8, 4) is 0 Å². The Morgan fingerprint density at radius 1 is 1.15 bits per heavy atom. The third kappa shape index (κ3) is 3.49. The number of benzene rings is 1. The minimum atomic E-state index is -0.212. The maximum atomic E-state index is 13.1. The van der Waals surface area contributed by atoms with Crippen molar-refractivity contribution in [1.29, 1.82) is 0 Å². The fourth-order valence-electron chi connectivity index (χ4n) is 4.98. The Hall–Kier alpha value is -2.63. The van der Waals surface area contributed by atoms with Gasteiger partial charge in [0.15, 0.2) is 4.34 Å². The second-order valence-electron chi connectivity index (χ2n) is 8.33. The van der Waals surface area contributed by atoms with Crippen molar-refractivity contribution in [3.05, 3.63) is 35.4 Å². The van der Waals surface area contributed by atoms with Crippen LogP contribution in [0.15, 0.2) is 34.7 Å². The molecule has 3 heterocycles. The Labute approximate surface area is 201 Å². The van der Waals surface area contributed by atoms with Crippen LogP contribution < -0.4 is 10.2 Å². The Morgan fingerprint density at radius 3 is 2.61 bits per heavy atom. The summed E-state index contributed by atoms with van der Waals surface area (Å²) in [5.74, 6) is -0.170. The molecular weight excluding hydrogens is 478 g/mol. The molecule has 0 spiro atoms. The normalized spacial score (nSPS) is 25.4. The number of amides is 3.